The SMILES string of the molecule is N#CCC1C=Nc2c(C(=O)Nc3cnccc3OCCN)c(N)nn2C1. The third kappa shape index (κ3) is 3.47. The second kappa shape index (κ2) is 7.62. The molecule has 0 aromatic carbocycles. The van der Waals surface area contributed by atoms with Gasteiger partial charge < -0.3 is 21.5 Å². The maximum absolute atomic E-state index is 12.7. The summed E-state index contributed by atoms with van der Waals surface area (Å²) in [5, 5.41) is 15.7. The van der Waals surface area contributed by atoms with Gasteiger partial charge in [0.15, 0.2) is 11.6 Å². The summed E-state index contributed by atoms with van der Waals surface area (Å²) >= 11 is 0. The van der Waals surface area contributed by atoms with E-state index in [4.69, 9.17) is 21.5 Å². The Labute approximate surface area is 149 Å². The van der Waals surface area contributed by atoms with E-state index in [1.165, 1.54) is 6.20 Å². The van der Waals surface area contributed by atoms with Crippen molar-refractivity contribution < 1.29 is 9.53 Å². The number of hydrogen-bond donors (Lipinski definition) is 3. The number of nitrogens with two attached hydrogens (primary N) is 2. The van der Waals surface area contributed by atoms with Gasteiger partial charge in [0.1, 0.15) is 23.6 Å². The summed E-state index contributed by atoms with van der Waals surface area (Å²) < 4.78 is 7.04. The number of aliphatic imine (C=N–C) groups is 1. The third-order valence-electron chi connectivity index (χ3n) is 3.75. The number of nitriles is 1. The van der Waals surface area contributed by atoms with E-state index in [2.05, 4.69) is 26.5 Å². The molecular weight excluding hydrogens is 336 g/mol. The Morgan fingerprint density at radius 1 is 1.54 bits per heavy atom. The fourth-order valence-electron chi connectivity index (χ4n) is 2.58. The molecule has 1 atom stereocenters. The van der Waals surface area contributed by atoms with Gasteiger partial charge in [0.25, 0.3) is 5.91 Å². The van der Waals surface area contributed by atoms with E-state index in [1.54, 1.807) is 23.2 Å². The first-order chi connectivity index (χ1) is 12.6. The van der Waals surface area contributed by atoms with Crippen LogP contribution < -0.4 is 21.5 Å². The molecule has 1 aliphatic heterocycles. The van der Waals surface area contributed by atoms with Gasteiger partial charge in [0, 0.05) is 37.4 Å². The molecule has 1 unspecified atom stereocenters. The lowest BCUT2D eigenvalue weighted by Gasteiger charge is -2.15. The molecule has 1 aliphatic rings. The minimum Gasteiger partial charge on any atom is -0.490 e. The fourth-order valence-corrected chi connectivity index (χ4v) is 2.58. The number of carbonyl (C=O) groups is 1. The zero-order valence-electron chi connectivity index (χ0n) is 13.9. The Bertz CT molecular complexity index is 883. The average molecular weight is 354 g/mol. The van der Waals surface area contributed by atoms with Gasteiger partial charge >= 0.3 is 0 Å². The van der Waals surface area contributed by atoms with E-state index in [9.17, 15) is 4.79 Å². The number of nitrogens with one attached hydrogen (secondary N) is 1. The highest BCUT2D eigenvalue weighted by Crippen LogP contribution is 2.31. The predicted molar refractivity (Wildman–Crippen MR) is 95.3 cm³/mol. The molecule has 2 aromatic heterocycles. The van der Waals surface area contributed by atoms with E-state index < -0.39 is 5.91 Å². The minimum absolute atomic E-state index is 0.0581. The Hall–Kier alpha value is -3.45. The fraction of sp³-hybridized carbons (Fsp3) is 0.312. The molecule has 0 spiro atoms. The quantitative estimate of drug-likeness (QED) is 0.688. The van der Waals surface area contributed by atoms with Gasteiger partial charge in [0.2, 0.25) is 0 Å². The van der Waals surface area contributed by atoms with Gasteiger partial charge in [-0.1, -0.05) is 0 Å². The zero-order valence-corrected chi connectivity index (χ0v) is 13.9. The van der Waals surface area contributed by atoms with Crippen molar-refractivity contribution in [2.75, 3.05) is 24.2 Å². The number of nitrogens with zero attached hydrogens (tertiary/aromatic N) is 5. The van der Waals surface area contributed by atoms with Crippen LogP contribution in [0.2, 0.25) is 0 Å². The number of amides is 1. The number of aromatic nitrogens is 3. The summed E-state index contributed by atoms with van der Waals surface area (Å²) in [5.41, 5.74) is 11.9. The number of pyridine rings is 1. The van der Waals surface area contributed by atoms with Gasteiger partial charge in [-0.3, -0.25) is 9.78 Å². The van der Waals surface area contributed by atoms with Crippen molar-refractivity contribution in [2.24, 2.45) is 16.6 Å². The highest BCUT2D eigenvalue weighted by Gasteiger charge is 2.26. The second-order valence-electron chi connectivity index (χ2n) is 5.63. The molecule has 0 aliphatic carbocycles. The van der Waals surface area contributed by atoms with Crippen LogP contribution in [0.1, 0.15) is 16.8 Å². The van der Waals surface area contributed by atoms with Gasteiger partial charge in [-0.15, -0.1) is 0 Å². The number of anilines is 2. The van der Waals surface area contributed by atoms with E-state index in [0.717, 1.165) is 0 Å². The lowest BCUT2D eigenvalue weighted by atomic mass is 10.1. The summed E-state index contributed by atoms with van der Waals surface area (Å²) in [5.74, 6) is 0.363. The molecular formula is C16H18N8O2. The standard InChI is InChI=1S/C16H18N8O2/c17-3-1-10-7-21-15-13(14(19)23-24(15)9-10)16(25)22-11-8-20-5-2-12(11)26-6-4-18/h2,5,7-8,10H,1,4,6,9,18H2,(H2,19,23)(H,22,25). The van der Waals surface area contributed by atoms with Crippen LogP contribution in [0.15, 0.2) is 23.5 Å². The van der Waals surface area contributed by atoms with Gasteiger partial charge in [-0.25, -0.2) is 9.67 Å². The Kier molecular flexibility index (Phi) is 5.09. The highest BCUT2D eigenvalue weighted by atomic mass is 16.5. The van der Waals surface area contributed by atoms with Crippen LogP contribution in [0.5, 0.6) is 5.75 Å². The van der Waals surface area contributed by atoms with Crippen LogP contribution in [0.25, 0.3) is 0 Å². The first-order valence-electron chi connectivity index (χ1n) is 7.99. The van der Waals surface area contributed by atoms with Gasteiger partial charge in [-0.05, 0) is 0 Å². The lowest BCUT2D eigenvalue weighted by molar-refractivity contribution is 0.102. The Morgan fingerprint density at radius 3 is 3.15 bits per heavy atom. The molecule has 3 rings (SSSR count). The number of carbonyl (C=O) groups excluding carboxylic acids is 1. The van der Waals surface area contributed by atoms with Crippen molar-refractivity contribution in [1.29, 1.82) is 5.26 Å². The van der Waals surface area contributed by atoms with E-state index in [0.29, 0.717) is 43.4 Å². The topological polar surface area (TPSA) is 157 Å². The van der Waals surface area contributed by atoms with Crippen molar-refractivity contribution in [3.05, 3.63) is 24.0 Å². The minimum atomic E-state index is -0.467. The van der Waals surface area contributed by atoms with Crippen LogP contribution in [0.3, 0.4) is 0 Å². The summed E-state index contributed by atoms with van der Waals surface area (Å²) in [4.78, 5) is 21.0. The van der Waals surface area contributed by atoms with Crippen LogP contribution in [-0.4, -0.2) is 40.0 Å². The largest absolute Gasteiger partial charge is 0.490 e. The first-order valence-corrected chi connectivity index (χ1v) is 7.99. The molecule has 0 radical (unpaired) electrons. The molecule has 134 valence electrons. The summed E-state index contributed by atoms with van der Waals surface area (Å²) in [6.45, 7) is 1.10. The molecule has 0 saturated heterocycles. The van der Waals surface area contributed by atoms with E-state index in [-0.39, 0.29) is 17.3 Å². The third-order valence-corrected chi connectivity index (χ3v) is 3.75. The predicted octanol–water partition coefficient (Wildman–Crippen LogP) is 0.696. The molecule has 10 heteroatoms. The zero-order chi connectivity index (χ0) is 18.5. The van der Waals surface area contributed by atoms with Gasteiger partial charge in [-0.2, -0.15) is 10.4 Å². The molecule has 5 N–H and O–H groups in total. The van der Waals surface area contributed by atoms with E-state index in [1.807, 2.05) is 0 Å². The molecule has 1 amide bonds. The van der Waals surface area contributed by atoms with Crippen molar-refractivity contribution in [3.63, 3.8) is 0 Å². The molecule has 0 saturated carbocycles. The van der Waals surface area contributed by atoms with Crippen LogP contribution >= 0.6 is 0 Å². The summed E-state index contributed by atoms with van der Waals surface area (Å²) in [6.07, 6.45) is 5.00. The van der Waals surface area contributed by atoms with Crippen LogP contribution in [0, 0.1) is 17.2 Å². The lowest BCUT2D eigenvalue weighted by Crippen LogP contribution is -2.18. The maximum Gasteiger partial charge on any atom is 0.263 e. The van der Waals surface area contributed by atoms with E-state index >= 15 is 0 Å². The summed E-state index contributed by atoms with van der Waals surface area (Å²) in [7, 11) is 0. The van der Waals surface area contributed by atoms with Crippen molar-refractivity contribution in [2.45, 2.75) is 13.0 Å². The van der Waals surface area contributed by atoms with Crippen molar-refractivity contribution >= 4 is 29.4 Å². The van der Waals surface area contributed by atoms with Crippen LogP contribution in [-0.2, 0) is 6.54 Å². The number of hydrogen-bond acceptors (Lipinski definition) is 8. The molecule has 0 fully saturated rings. The number of rotatable bonds is 6. The Morgan fingerprint density at radius 2 is 2.38 bits per heavy atom. The molecule has 10 nitrogen and oxygen atoms in total. The number of ether oxygens (including phenoxy) is 1. The first kappa shape index (κ1) is 17.4. The average Bonchev–Trinajstić information content (AvgIpc) is 2.96. The van der Waals surface area contributed by atoms with Crippen molar-refractivity contribution in [1.82, 2.24) is 14.8 Å². The maximum atomic E-state index is 12.7. The van der Waals surface area contributed by atoms with Gasteiger partial charge in [0.05, 0.1) is 18.8 Å². The second-order valence-corrected chi connectivity index (χ2v) is 5.63. The molecule has 26 heavy (non-hydrogen) atoms. The molecule has 0 bridgehead atoms. The molecule has 2 aromatic rings. The summed E-state index contributed by atoms with van der Waals surface area (Å²) in [6, 6.07) is 3.73. The highest BCUT2D eigenvalue weighted by molar-refractivity contribution is 6.11. The normalized spacial score (nSPS) is 15.2. The number of fused-ring (bicyclic) bond motifs is 1. The number of nitrogen functional groups attached to an aromatic ring is 1. The smallest absolute Gasteiger partial charge is 0.263 e. The van der Waals surface area contributed by atoms with Crippen LogP contribution in [0.4, 0.5) is 17.3 Å². The molecule has 3 heterocycles. The Balaban J connectivity index is 1.84. The monoisotopic (exact) mass is 354 g/mol. The van der Waals surface area contributed by atoms with Crippen molar-refractivity contribution in [3.8, 4) is 11.8 Å².